The van der Waals surface area contributed by atoms with Crippen LogP contribution in [-0.4, -0.2) is 47.1 Å². The van der Waals surface area contributed by atoms with Gasteiger partial charge < -0.3 is 15.0 Å². The van der Waals surface area contributed by atoms with E-state index < -0.39 is 0 Å². The zero-order valence-corrected chi connectivity index (χ0v) is 15.7. The molecule has 1 amide bonds. The van der Waals surface area contributed by atoms with Gasteiger partial charge in [0.1, 0.15) is 22.8 Å². The summed E-state index contributed by atoms with van der Waals surface area (Å²) >= 11 is 1.38. The van der Waals surface area contributed by atoms with Crippen LogP contribution in [0.3, 0.4) is 0 Å². The minimum Gasteiger partial charge on any atom is -0.378 e. The Labute approximate surface area is 160 Å². The van der Waals surface area contributed by atoms with Crippen LogP contribution in [0.2, 0.25) is 0 Å². The van der Waals surface area contributed by atoms with E-state index in [1.165, 1.54) is 29.8 Å². The van der Waals surface area contributed by atoms with Crippen molar-refractivity contribution < 1.29 is 13.9 Å². The van der Waals surface area contributed by atoms with Crippen molar-refractivity contribution in [3.63, 3.8) is 0 Å². The maximum atomic E-state index is 13.4. The fraction of sp³-hybridized carbons (Fsp3) is 0.316. The second-order valence-corrected chi connectivity index (χ2v) is 7.35. The average Bonchev–Trinajstić information content (AvgIpc) is 3.04. The second kappa shape index (κ2) is 7.58. The van der Waals surface area contributed by atoms with E-state index in [0.29, 0.717) is 43.5 Å². The Morgan fingerprint density at radius 2 is 2.15 bits per heavy atom. The van der Waals surface area contributed by atoms with Crippen molar-refractivity contribution in [2.75, 3.05) is 31.6 Å². The van der Waals surface area contributed by atoms with Crippen LogP contribution >= 0.6 is 11.3 Å². The molecule has 6 nitrogen and oxygen atoms in total. The molecule has 1 aliphatic heterocycles. The monoisotopic (exact) mass is 386 g/mol. The van der Waals surface area contributed by atoms with E-state index in [4.69, 9.17) is 4.74 Å². The average molecular weight is 386 g/mol. The SMILES string of the molecule is Cc1c(C(=O)N2CCOCC2)sc2ncnc(NCc3cccc(F)c3)c12. The minimum absolute atomic E-state index is 0.00915. The summed E-state index contributed by atoms with van der Waals surface area (Å²) < 4.78 is 18.7. The van der Waals surface area contributed by atoms with Crippen molar-refractivity contribution in [1.29, 1.82) is 0 Å². The first-order chi connectivity index (χ1) is 13.1. The zero-order chi connectivity index (χ0) is 18.8. The topological polar surface area (TPSA) is 67.4 Å². The molecular weight excluding hydrogens is 367 g/mol. The van der Waals surface area contributed by atoms with Gasteiger partial charge in [0.2, 0.25) is 0 Å². The van der Waals surface area contributed by atoms with Gasteiger partial charge in [-0.2, -0.15) is 0 Å². The normalized spacial score (nSPS) is 14.5. The van der Waals surface area contributed by atoms with Crippen molar-refractivity contribution in [2.24, 2.45) is 0 Å². The molecule has 0 radical (unpaired) electrons. The molecule has 0 unspecified atom stereocenters. The van der Waals surface area contributed by atoms with Gasteiger partial charge in [-0.25, -0.2) is 14.4 Å². The quantitative estimate of drug-likeness (QED) is 0.746. The molecule has 1 saturated heterocycles. The lowest BCUT2D eigenvalue weighted by molar-refractivity contribution is 0.0306. The fourth-order valence-corrected chi connectivity index (χ4v) is 4.27. The lowest BCUT2D eigenvalue weighted by Crippen LogP contribution is -2.40. The van der Waals surface area contributed by atoms with Crippen molar-refractivity contribution in [3.05, 3.63) is 52.4 Å². The summed E-state index contributed by atoms with van der Waals surface area (Å²) in [5, 5.41) is 4.09. The maximum Gasteiger partial charge on any atom is 0.264 e. The van der Waals surface area contributed by atoms with Gasteiger partial charge in [-0.15, -0.1) is 11.3 Å². The summed E-state index contributed by atoms with van der Waals surface area (Å²) in [5.41, 5.74) is 1.69. The Kier molecular flexibility index (Phi) is 5.00. The molecule has 0 aliphatic carbocycles. The largest absolute Gasteiger partial charge is 0.378 e. The molecule has 1 fully saturated rings. The number of hydrogen-bond donors (Lipinski definition) is 1. The number of benzene rings is 1. The summed E-state index contributed by atoms with van der Waals surface area (Å²) in [4.78, 5) is 24.8. The number of aryl methyl sites for hydroxylation is 1. The van der Waals surface area contributed by atoms with E-state index in [-0.39, 0.29) is 11.7 Å². The van der Waals surface area contributed by atoms with E-state index >= 15 is 0 Å². The summed E-state index contributed by atoms with van der Waals surface area (Å²) in [6.07, 6.45) is 1.48. The number of morpholine rings is 1. The third-order valence-electron chi connectivity index (χ3n) is 4.57. The number of hydrogen-bond acceptors (Lipinski definition) is 6. The second-order valence-electron chi connectivity index (χ2n) is 6.35. The van der Waals surface area contributed by atoms with Gasteiger partial charge in [0, 0.05) is 19.6 Å². The highest BCUT2D eigenvalue weighted by atomic mass is 32.1. The first-order valence-electron chi connectivity index (χ1n) is 8.73. The molecule has 1 aliphatic rings. The molecule has 4 rings (SSSR count). The molecule has 0 spiro atoms. The number of carbonyl (C=O) groups is 1. The van der Waals surface area contributed by atoms with Gasteiger partial charge in [0.05, 0.1) is 23.5 Å². The van der Waals surface area contributed by atoms with Crippen LogP contribution in [0, 0.1) is 12.7 Å². The van der Waals surface area contributed by atoms with Gasteiger partial charge in [0.15, 0.2) is 0 Å². The smallest absolute Gasteiger partial charge is 0.264 e. The number of ether oxygens (including phenoxy) is 1. The number of carbonyl (C=O) groups excluding carboxylic acids is 1. The predicted octanol–water partition coefficient (Wildman–Crippen LogP) is 3.22. The van der Waals surface area contributed by atoms with Gasteiger partial charge in [-0.05, 0) is 30.2 Å². The number of rotatable bonds is 4. The number of thiophene rings is 1. The Morgan fingerprint density at radius 1 is 1.33 bits per heavy atom. The van der Waals surface area contributed by atoms with Crippen LogP contribution in [-0.2, 0) is 11.3 Å². The molecule has 3 aromatic rings. The summed E-state index contributed by atoms with van der Waals surface area (Å²) in [7, 11) is 0. The van der Waals surface area contributed by atoms with Crippen LogP contribution in [0.15, 0.2) is 30.6 Å². The Morgan fingerprint density at radius 3 is 2.93 bits per heavy atom. The maximum absolute atomic E-state index is 13.4. The molecule has 2 aromatic heterocycles. The van der Waals surface area contributed by atoms with E-state index in [2.05, 4.69) is 15.3 Å². The highest BCUT2D eigenvalue weighted by Crippen LogP contribution is 2.34. The number of aromatic nitrogens is 2. The Bertz CT molecular complexity index is 985. The molecular formula is C19H19FN4O2S. The molecule has 8 heteroatoms. The molecule has 1 aromatic carbocycles. The van der Waals surface area contributed by atoms with Crippen LogP contribution in [0.5, 0.6) is 0 Å². The van der Waals surface area contributed by atoms with E-state index in [9.17, 15) is 9.18 Å². The van der Waals surface area contributed by atoms with Crippen LogP contribution < -0.4 is 5.32 Å². The number of halogens is 1. The minimum atomic E-state index is -0.271. The molecule has 140 valence electrons. The van der Waals surface area contributed by atoms with Crippen LogP contribution in [0.4, 0.5) is 10.2 Å². The first kappa shape index (κ1) is 17.8. The van der Waals surface area contributed by atoms with Crippen LogP contribution in [0.1, 0.15) is 20.8 Å². The van der Waals surface area contributed by atoms with Gasteiger partial charge >= 0.3 is 0 Å². The lowest BCUT2D eigenvalue weighted by Gasteiger charge is -2.26. The van der Waals surface area contributed by atoms with Crippen molar-refractivity contribution in [1.82, 2.24) is 14.9 Å². The van der Waals surface area contributed by atoms with Crippen molar-refractivity contribution in [3.8, 4) is 0 Å². The zero-order valence-electron chi connectivity index (χ0n) is 14.9. The number of nitrogens with zero attached hydrogens (tertiary/aromatic N) is 3. The summed E-state index contributed by atoms with van der Waals surface area (Å²) in [6.45, 7) is 4.69. The molecule has 0 atom stereocenters. The Hall–Kier alpha value is -2.58. The number of anilines is 1. The Balaban J connectivity index is 1.62. The number of fused-ring (bicyclic) bond motifs is 1. The predicted molar refractivity (Wildman–Crippen MR) is 103 cm³/mol. The summed E-state index contributed by atoms with van der Waals surface area (Å²) in [6, 6.07) is 6.43. The standard InChI is InChI=1S/C19H19FN4O2S/c1-12-15-17(21-10-13-3-2-4-14(20)9-13)22-11-23-18(15)27-16(12)19(25)24-5-7-26-8-6-24/h2-4,9,11H,5-8,10H2,1H3,(H,21,22,23). The molecule has 1 N–H and O–H groups in total. The van der Waals surface area contributed by atoms with Gasteiger partial charge in [-0.1, -0.05) is 12.1 Å². The van der Waals surface area contributed by atoms with E-state index in [1.54, 1.807) is 6.07 Å². The van der Waals surface area contributed by atoms with Crippen molar-refractivity contribution in [2.45, 2.75) is 13.5 Å². The van der Waals surface area contributed by atoms with Crippen molar-refractivity contribution >= 4 is 33.3 Å². The fourth-order valence-electron chi connectivity index (χ4n) is 3.15. The first-order valence-corrected chi connectivity index (χ1v) is 9.54. The van der Waals surface area contributed by atoms with E-state index in [0.717, 1.165) is 21.3 Å². The highest BCUT2D eigenvalue weighted by Gasteiger charge is 2.24. The van der Waals surface area contributed by atoms with Crippen LogP contribution in [0.25, 0.3) is 10.2 Å². The molecule has 0 saturated carbocycles. The van der Waals surface area contributed by atoms with Gasteiger partial charge in [-0.3, -0.25) is 4.79 Å². The van der Waals surface area contributed by atoms with E-state index in [1.807, 2.05) is 17.9 Å². The third kappa shape index (κ3) is 3.63. The van der Waals surface area contributed by atoms with Gasteiger partial charge in [0.25, 0.3) is 5.91 Å². The molecule has 27 heavy (non-hydrogen) atoms. The molecule has 3 heterocycles. The molecule has 0 bridgehead atoms. The highest BCUT2D eigenvalue weighted by molar-refractivity contribution is 7.20. The number of amides is 1. The third-order valence-corrected chi connectivity index (χ3v) is 5.76. The lowest BCUT2D eigenvalue weighted by atomic mass is 10.1. The number of nitrogens with one attached hydrogen (secondary N) is 1. The summed E-state index contributed by atoms with van der Waals surface area (Å²) in [5.74, 6) is 0.390.